The summed E-state index contributed by atoms with van der Waals surface area (Å²) >= 11 is 0. The van der Waals surface area contributed by atoms with Crippen molar-refractivity contribution in [1.82, 2.24) is 14.5 Å². The molecule has 2 unspecified atom stereocenters. The molecule has 0 aliphatic carbocycles. The van der Waals surface area contributed by atoms with Gasteiger partial charge in [0.2, 0.25) is 15.9 Å². The maximum atomic E-state index is 13.0. The van der Waals surface area contributed by atoms with Gasteiger partial charge in [0.1, 0.15) is 5.82 Å². The van der Waals surface area contributed by atoms with E-state index in [1.54, 1.807) is 4.90 Å². The molecule has 6 nitrogen and oxygen atoms in total. The molecular formula is C17H24FN3O3S. The Morgan fingerprint density at radius 2 is 1.80 bits per heavy atom. The highest BCUT2D eigenvalue weighted by Crippen LogP contribution is 2.22. The van der Waals surface area contributed by atoms with Gasteiger partial charge >= 0.3 is 0 Å². The van der Waals surface area contributed by atoms with Gasteiger partial charge in [-0.05, 0) is 50.6 Å². The Bertz CT molecular complexity index is 715. The van der Waals surface area contributed by atoms with Gasteiger partial charge in [0, 0.05) is 32.2 Å². The lowest BCUT2D eigenvalue weighted by Crippen LogP contribution is -2.54. The zero-order valence-electron chi connectivity index (χ0n) is 14.3. The summed E-state index contributed by atoms with van der Waals surface area (Å²) in [4.78, 5) is 14.6. The molecule has 1 amide bonds. The molecule has 25 heavy (non-hydrogen) atoms. The van der Waals surface area contributed by atoms with Crippen LogP contribution < -0.4 is 5.32 Å². The van der Waals surface area contributed by atoms with Crippen LogP contribution in [0.3, 0.4) is 0 Å². The summed E-state index contributed by atoms with van der Waals surface area (Å²) in [6.45, 7) is 4.27. The average Bonchev–Trinajstić information content (AvgIpc) is 2.62. The van der Waals surface area contributed by atoms with Gasteiger partial charge in [-0.2, -0.15) is 4.31 Å². The van der Waals surface area contributed by atoms with Gasteiger partial charge in [-0.15, -0.1) is 0 Å². The van der Waals surface area contributed by atoms with Crippen LogP contribution in [0.1, 0.15) is 19.8 Å². The number of benzene rings is 1. The molecule has 2 heterocycles. The molecule has 1 N–H and O–H groups in total. The molecule has 3 rings (SSSR count). The third-order valence-electron chi connectivity index (χ3n) is 5.08. The number of piperazine rings is 1. The van der Waals surface area contributed by atoms with Gasteiger partial charge in [0.15, 0.2) is 0 Å². The molecule has 138 valence electrons. The highest BCUT2D eigenvalue weighted by Gasteiger charge is 2.35. The predicted molar refractivity (Wildman–Crippen MR) is 91.9 cm³/mol. The fourth-order valence-corrected chi connectivity index (χ4v) is 4.94. The first-order valence-corrected chi connectivity index (χ1v) is 10.1. The molecule has 0 spiro atoms. The quantitative estimate of drug-likeness (QED) is 0.865. The van der Waals surface area contributed by atoms with Crippen molar-refractivity contribution in [1.29, 1.82) is 0 Å². The lowest BCUT2D eigenvalue weighted by atomic mass is 9.90. The van der Waals surface area contributed by atoms with E-state index in [1.165, 1.54) is 16.4 Å². The predicted octanol–water partition coefficient (Wildman–Crippen LogP) is 1.05. The normalized spacial score (nSPS) is 25.8. The minimum atomic E-state index is -3.65. The number of hydrogen-bond acceptors (Lipinski definition) is 4. The number of halogens is 1. The van der Waals surface area contributed by atoms with E-state index in [0.717, 1.165) is 31.5 Å². The summed E-state index contributed by atoms with van der Waals surface area (Å²) in [5.41, 5.74) is 0. The minimum Gasteiger partial charge on any atom is -0.340 e. The molecule has 2 atom stereocenters. The Hall–Kier alpha value is -1.51. The fraction of sp³-hybridized carbons (Fsp3) is 0.588. The van der Waals surface area contributed by atoms with Gasteiger partial charge in [0.25, 0.3) is 0 Å². The first-order valence-electron chi connectivity index (χ1n) is 8.67. The first kappa shape index (κ1) is 18.3. The lowest BCUT2D eigenvalue weighted by molar-refractivity contribution is -0.138. The molecule has 2 aliphatic heterocycles. The number of hydrogen-bond donors (Lipinski definition) is 1. The van der Waals surface area contributed by atoms with E-state index in [4.69, 9.17) is 0 Å². The third kappa shape index (κ3) is 3.86. The van der Waals surface area contributed by atoms with E-state index < -0.39 is 15.8 Å². The van der Waals surface area contributed by atoms with Crippen LogP contribution in [0.25, 0.3) is 0 Å². The van der Waals surface area contributed by atoms with Gasteiger partial charge in [-0.25, -0.2) is 12.8 Å². The van der Waals surface area contributed by atoms with Gasteiger partial charge in [0.05, 0.1) is 10.8 Å². The molecule has 0 saturated carbocycles. The zero-order valence-corrected chi connectivity index (χ0v) is 15.1. The Morgan fingerprint density at radius 1 is 1.16 bits per heavy atom. The van der Waals surface area contributed by atoms with E-state index in [2.05, 4.69) is 5.32 Å². The highest BCUT2D eigenvalue weighted by molar-refractivity contribution is 7.89. The number of rotatable bonds is 3. The van der Waals surface area contributed by atoms with E-state index >= 15 is 0 Å². The van der Waals surface area contributed by atoms with Crippen LogP contribution in [0.4, 0.5) is 4.39 Å². The molecule has 2 saturated heterocycles. The average molecular weight is 369 g/mol. The summed E-state index contributed by atoms with van der Waals surface area (Å²) in [5, 5.41) is 3.33. The second-order valence-corrected chi connectivity index (χ2v) is 8.61. The SMILES string of the molecule is CC1NCCCC1C(=O)N1CCN(S(=O)(=O)c2ccc(F)cc2)CC1. The Labute approximate surface area is 148 Å². The summed E-state index contributed by atoms with van der Waals surface area (Å²) in [7, 11) is -3.65. The number of nitrogens with one attached hydrogen (secondary N) is 1. The highest BCUT2D eigenvalue weighted by atomic mass is 32.2. The van der Waals surface area contributed by atoms with Crippen LogP contribution in [0, 0.1) is 11.7 Å². The van der Waals surface area contributed by atoms with Crippen LogP contribution >= 0.6 is 0 Å². The largest absolute Gasteiger partial charge is 0.340 e. The number of sulfonamides is 1. The van der Waals surface area contributed by atoms with Crippen LogP contribution in [-0.2, 0) is 14.8 Å². The van der Waals surface area contributed by atoms with Crippen LogP contribution in [0.15, 0.2) is 29.2 Å². The third-order valence-corrected chi connectivity index (χ3v) is 6.99. The van der Waals surface area contributed by atoms with Crippen LogP contribution in [0.2, 0.25) is 0 Å². The van der Waals surface area contributed by atoms with Gasteiger partial charge < -0.3 is 10.2 Å². The molecule has 1 aromatic carbocycles. The fourth-order valence-electron chi connectivity index (χ4n) is 3.52. The molecule has 0 bridgehead atoms. The molecule has 1 aromatic rings. The number of piperidine rings is 1. The Balaban J connectivity index is 1.63. The number of amides is 1. The van der Waals surface area contributed by atoms with Crippen LogP contribution in [-0.4, -0.2) is 62.3 Å². The second-order valence-electron chi connectivity index (χ2n) is 6.67. The summed E-state index contributed by atoms with van der Waals surface area (Å²) in [5.74, 6) is -0.392. The van der Waals surface area contributed by atoms with E-state index in [0.29, 0.717) is 13.1 Å². The van der Waals surface area contributed by atoms with Crippen molar-refractivity contribution in [2.45, 2.75) is 30.7 Å². The molecule has 0 aromatic heterocycles. The maximum Gasteiger partial charge on any atom is 0.243 e. The summed E-state index contributed by atoms with van der Waals surface area (Å²) in [6, 6.07) is 4.99. The minimum absolute atomic E-state index is 0.0333. The van der Waals surface area contributed by atoms with E-state index in [9.17, 15) is 17.6 Å². The van der Waals surface area contributed by atoms with E-state index in [-0.39, 0.29) is 35.9 Å². The van der Waals surface area contributed by atoms with Crippen molar-refractivity contribution >= 4 is 15.9 Å². The summed E-state index contributed by atoms with van der Waals surface area (Å²) < 4.78 is 39.6. The second kappa shape index (κ2) is 7.39. The number of carbonyl (C=O) groups is 1. The van der Waals surface area contributed by atoms with Gasteiger partial charge in [-0.1, -0.05) is 0 Å². The Morgan fingerprint density at radius 3 is 2.40 bits per heavy atom. The van der Waals surface area contributed by atoms with Crippen molar-refractivity contribution in [3.8, 4) is 0 Å². The lowest BCUT2D eigenvalue weighted by Gasteiger charge is -2.38. The number of nitrogens with zero attached hydrogens (tertiary/aromatic N) is 2. The van der Waals surface area contributed by atoms with Crippen molar-refractivity contribution < 1.29 is 17.6 Å². The monoisotopic (exact) mass is 369 g/mol. The topological polar surface area (TPSA) is 69.7 Å². The van der Waals surface area contributed by atoms with Crippen LogP contribution in [0.5, 0.6) is 0 Å². The van der Waals surface area contributed by atoms with Crippen molar-refractivity contribution in [3.63, 3.8) is 0 Å². The van der Waals surface area contributed by atoms with Gasteiger partial charge in [-0.3, -0.25) is 4.79 Å². The maximum absolute atomic E-state index is 13.0. The first-order chi connectivity index (χ1) is 11.9. The standard InChI is InChI=1S/C17H24FN3O3S/c1-13-16(3-2-8-19-13)17(22)20-9-11-21(12-10-20)25(23,24)15-6-4-14(18)5-7-15/h4-7,13,16,19H,2-3,8-12H2,1H3. The Kier molecular flexibility index (Phi) is 5.41. The van der Waals surface area contributed by atoms with Crippen molar-refractivity contribution in [2.75, 3.05) is 32.7 Å². The number of carbonyl (C=O) groups excluding carboxylic acids is 1. The zero-order chi connectivity index (χ0) is 18.0. The molecule has 8 heteroatoms. The smallest absolute Gasteiger partial charge is 0.243 e. The molecular weight excluding hydrogens is 345 g/mol. The molecule has 2 aliphatic rings. The summed E-state index contributed by atoms with van der Waals surface area (Å²) in [6.07, 6.45) is 1.86. The molecule has 2 fully saturated rings. The van der Waals surface area contributed by atoms with Crippen molar-refractivity contribution in [3.05, 3.63) is 30.1 Å². The van der Waals surface area contributed by atoms with E-state index in [1.807, 2.05) is 6.92 Å². The molecule has 0 radical (unpaired) electrons. The van der Waals surface area contributed by atoms with Crippen molar-refractivity contribution in [2.24, 2.45) is 5.92 Å².